The van der Waals surface area contributed by atoms with Crippen molar-refractivity contribution in [1.29, 1.82) is 0 Å². The fourth-order valence-electron chi connectivity index (χ4n) is 2.23. The van der Waals surface area contributed by atoms with E-state index in [1.807, 2.05) is 60.7 Å². The Kier molecular flexibility index (Phi) is 6.93. The van der Waals surface area contributed by atoms with Crippen molar-refractivity contribution in [2.45, 2.75) is 38.4 Å². The lowest BCUT2D eigenvalue weighted by Gasteiger charge is -2.29. The van der Waals surface area contributed by atoms with Crippen molar-refractivity contribution in [3.8, 4) is 0 Å². The van der Waals surface area contributed by atoms with Crippen LogP contribution in [0.4, 0.5) is 0 Å². The number of nitrogens with two attached hydrogens (primary N) is 1. The molecule has 0 fully saturated rings. The Labute approximate surface area is 142 Å². The van der Waals surface area contributed by atoms with Gasteiger partial charge in [0.05, 0.1) is 13.2 Å². The van der Waals surface area contributed by atoms with E-state index in [2.05, 4.69) is 0 Å². The Morgan fingerprint density at radius 2 is 1.38 bits per heavy atom. The number of aliphatic carboxylic acids is 1. The molecule has 5 nitrogen and oxygen atoms in total. The zero-order chi connectivity index (χ0) is 17.3. The molecule has 0 amide bonds. The third-order valence-corrected chi connectivity index (χ3v) is 3.57. The molecule has 2 aromatic rings. The molecule has 0 bridgehead atoms. The number of carboxylic acids is 1. The number of ether oxygens (including phenoxy) is 2. The van der Waals surface area contributed by atoms with Gasteiger partial charge in [0.2, 0.25) is 5.91 Å². The maximum absolute atomic E-state index is 10.7. The Bertz CT molecular complexity index is 572. The molecule has 3 N–H and O–H groups in total. The molecule has 2 rings (SSSR count). The average Bonchev–Trinajstić information content (AvgIpc) is 2.60. The van der Waals surface area contributed by atoms with Crippen LogP contribution in [0.25, 0.3) is 0 Å². The second-order valence-corrected chi connectivity index (χ2v) is 5.61. The summed E-state index contributed by atoms with van der Waals surface area (Å²) in [5, 5.41) is 8.80. The first-order valence-corrected chi connectivity index (χ1v) is 7.94. The third-order valence-electron chi connectivity index (χ3n) is 3.57. The number of hydrogen-bond acceptors (Lipinski definition) is 4. The van der Waals surface area contributed by atoms with Gasteiger partial charge in [-0.25, -0.2) is 0 Å². The highest BCUT2D eigenvalue weighted by Gasteiger charge is 2.27. The van der Waals surface area contributed by atoms with Gasteiger partial charge in [0, 0.05) is 12.8 Å². The Morgan fingerprint density at radius 3 is 1.79 bits per heavy atom. The van der Waals surface area contributed by atoms with Crippen LogP contribution in [0.15, 0.2) is 60.7 Å². The number of carbonyl (C=O) groups is 1. The van der Waals surface area contributed by atoms with Crippen molar-refractivity contribution in [3.05, 3.63) is 71.8 Å². The van der Waals surface area contributed by atoms with Crippen LogP contribution in [0.1, 0.15) is 30.4 Å². The maximum atomic E-state index is 10.7. The van der Waals surface area contributed by atoms with E-state index in [0.29, 0.717) is 26.1 Å². The van der Waals surface area contributed by atoms with Crippen molar-refractivity contribution >= 4 is 5.97 Å². The van der Waals surface area contributed by atoms with Crippen LogP contribution in [0.2, 0.25) is 0 Å². The molecule has 0 heterocycles. The minimum Gasteiger partial charge on any atom is -0.481 e. The quantitative estimate of drug-likeness (QED) is 0.654. The summed E-state index contributed by atoms with van der Waals surface area (Å²) in [5.74, 6) is -2.18. The first-order valence-electron chi connectivity index (χ1n) is 7.94. The first kappa shape index (κ1) is 18.1. The van der Waals surface area contributed by atoms with Crippen molar-refractivity contribution in [2.24, 2.45) is 5.73 Å². The summed E-state index contributed by atoms with van der Waals surface area (Å²) < 4.78 is 11.6. The molecule has 0 atom stereocenters. The maximum Gasteiger partial charge on any atom is 0.303 e. The summed E-state index contributed by atoms with van der Waals surface area (Å²) in [7, 11) is 0. The molecule has 24 heavy (non-hydrogen) atoms. The van der Waals surface area contributed by atoms with E-state index >= 15 is 0 Å². The molecule has 128 valence electrons. The number of carboxylic acid groups (broad SMARTS) is 1. The lowest BCUT2D eigenvalue weighted by atomic mass is 10.2. The largest absolute Gasteiger partial charge is 0.481 e. The molecule has 0 aromatic heterocycles. The number of benzene rings is 2. The van der Waals surface area contributed by atoms with Crippen LogP contribution in [0.3, 0.4) is 0 Å². The SMILES string of the molecule is NC(CCCC(=O)O)(OCc1ccccc1)OCc1ccccc1. The van der Waals surface area contributed by atoms with E-state index in [0.717, 1.165) is 11.1 Å². The molecule has 0 spiro atoms. The second kappa shape index (κ2) is 9.17. The fourth-order valence-corrected chi connectivity index (χ4v) is 2.23. The molecule has 0 aliphatic carbocycles. The molecule has 2 aromatic carbocycles. The van der Waals surface area contributed by atoms with E-state index in [1.165, 1.54) is 0 Å². The van der Waals surface area contributed by atoms with E-state index in [9.17, 15) is 4.79 Å². The van der Waals surface area contributed by atoms with Crippen molar-refractivity contribution in [3.63, 3.8) is 0 Å². The molecule has 5 heteroatoms. The average molecular weight is 329 g/mol. The molecule has 0 aliphatic rings. The van der Waals surface area contributed by atoms with E-state index in [1.54, 1.807) is 0 Å². The molecule has 0 aliphatic heterocycles. The van der Waals surface area contributed by atoms with Crippen LogP contribution >= 0.6 is 0 Å². The monoisotopic (exact) mass is 329 g/mol. The number of hydrogen-bond donors (Lipinski definition) is 2. The van der Waals surface area contributed by atoms with Gasteiger partial charge in [-0.15, -0.1) is 0 Å². The highest BCUT2D eigenvalue weighted by Crippen LogP contribution is 2.19. The minimum absolute atomic E-state index is 0.0301. The molecular weight excluding hydrogens is 306 g/mol. The Hall–Kier alpha value is -2.21. The molecule has 0 unspecified atom stereocenters. The van der Waals surface area contributed by atoms with Crippen molar-refractivity contribution < 1.29 is 19.4 Å². The fraction of sp³-hybridized carbons (Fsp3) is 0.316. The normalized spacial score (nSPS) is 11.4. The predicted molar refractivity (Wildman–Crippen MR) is 90.9 cm³/mol. The Morgan fingerprint density at radius 1 is 0.917 bits per heavy atom. The van der Waals surface area contributed by atoms with Gasteiger partial charge in [-0.1, -0.05) is 60.7 Å². The lowest BCUT2D eigenvalue weighted by molar-refractivity contribution is -0.251. The second-order valence-electron chi connectivity index (χ2n) is 5.61. The molecule has 0 saturated carbocycles. The van der Waals surface area contributed by atoms with E-state index < -0.39 is 11.9 Å². The van der Waals surface area contributed by atoms with Crippen LogP contribution in [-0.4, -0.2) is 17.0 Å². The minimum atomic E-state index is -1.32. The van der Waals surface area contributed by atoms with E-state index in [4.69, 9.17) is 20.3 Å². The summed E-state index contributed by atoms with van der Waals surface area (Å²) in [5.41, 5.74) is 8.20. The Balaban J connectivity index is 1.95. The van der Waals surface area contributed by atoms with Crippen molar-refractivity contribution in [1.82, 2.24) is 0 Å². The third kappa shape index (κ3) is 6.50. The van der Waals surface area contributed by atoms with Crippen LogP contribution in [0, 0.1) is 0 Å². The smallest absolute Gasteiger partial charge is 0.303 e. The standard InChI is InChI=1S/C19H23NO4/c20-19(13-7-12-18(21)22,23-14-16-8-3-1-4-9-16)24-15-17-10-5-2-6-11-17/h1-6,8-11H,7,12-15,20H2,(H,21,22). The van der Waals surface area contributed by atoms with E-state index in [-0.39, 0.29) is 6.42 Å². The van der Waals surface area contributed by atoms with Gasteiger partial charge in [-0.05, 0) is 17.5 Å². The van der Waals surface area contributed by atoms with Gasteiger partial charge in [0.1, 0.15) is 0 Å². The van der Waals surface area contributed by atoms with Gasteiger partial charge in [0.15, 0.2) is 0 Å². The summed E-state index contributed by atoms with van der Waals surface area (Å²) >= 11 is 0. The summed E-state index contributed by atoms with van der Waals surface area (Å²) in [4.78, 5) is 10.7. The van der Waals surface area contributed by atoms with Crippen LogP contribution < -0.4 is 5.73 Å². The lowest BCUT2D eigenvalue weighted by Crippen LogP contribution is -2.45. The molecular formula is C19H23NO4. The van der Waals surface area contributed by atoms with Gasteiger partial charge in [-0.3, -0.25) is 10.5 Å². The number of rotatable bonds is 10. The molecule has 0 radical (unpaired) electrons. The highest BCUT2D eigenvalue weighted by molar-refractivity contribution is 5.66. The van der Waals surface area contributed by atoms with Crippen LogP contribution in [0.5, 0.6) is 0 Å². The van der Waals surface area contributed by atoms with Gasteiger partial charge in [-0.2, -0.15) is 0 Å². The van der Waals surface area contributed by atoms with Crippen molar-refractivity contribution in [2.75, 3.05) is 0 Å². The molecule has 0 saturated heterocycles. The van der Waals surface area contributed by atoms with Crippen LogP contribution in [-0.2, 0) is 27.5 Å². The van der Waals surface area contributed by atoms with Gasteiger partial charge >= 0.3 is 5.97 Å². The first-order chi connectivity index (χ1) is 11.6. The summed E-state index contributed by atoms with van der Waals surface area (Å²) in [6.07, 6.45) is 0.719. The highest BCUT2D eigenvalue weighted by atomic mass is 16.7. The van der Waals surface area contributed by atoms with Gasteiger partial charge in [0.25, 0.3) is 0 Å². The summed E-state index contributed by atoms with van der Waals surface area (Å²) in [6, 6.07) is 19.3. The zero-order valence-electron chi connectivity index (χ0n) is 13.6. The van der Waals surface area contributed by atoms with Gasteiger partial charge < -0.3 is 14.6 Å². The topological polar surface area (TPSA) is 81.8 Å². The predicted octanol–water partition coefficient (Wildman–Crippen LogP) is 3.29. The zero-order valence-corrected chi connectivity index (χ0v) is 13.6. The summed E-state index contributed by atoms with van der Waals surface area (Å²) in [6.45, 7) is 0.610.